The number of methoxy groups -OCH3 is 2. The van der Waals surface area contributed by atoms with Gasteiger partial charge in [0.05, 0.1) is 19.8 Å². The Labute approximate surface area is 201 Å². The molecule has 0 spiro atoms. The van der Waals surface area contributed by atoms with E-state index < -0.39 is 6.10 Å². The monoisotopic (exact) mass is 464 g/mol. The van der Waals surface area contributed by atoms with Gasteiger partial charge in [0.1, 0.15) is 0 Å². The Morgan fingerprint density at radius 2 is 1.79 bits per heavy atom. The molecule has 0 bridgehead atoms. The Morgan fingerprint density at radius 3 is 2.39 bits per heavy atom. The van der Waals surface area contributed by atoms with E-state index in [-0.39, 0.29) is 6.04 Å². The van der Waals surface area contributed by atoms with Gasteiger partial charge in [-0.15, -0.1) is 0 Å². The van der Waals surface area contributed by atoms with Crippen molar-refractivity contribution < 1.29 is 19.3 Å². The topological polar surface area (TPSA) is 77.2 Å². The number of piperidine rings is 1. The first kappa shape index (κ1) is 27.9. The van der Waals surface area contributed by atoms with Crippen LogP contribution in [0.25, 0.3) is 0 Å². The van der Waals surface area contributed by atoms with Crippen molar-refractivity contribution in [3.63, 3.8) is 0 Å². The van der Waals surface area contributed by atoms with E-state index in [9.17, 15) is 5.11 Å². The van der Waals surface area contributed by atoms with Gasteiger partial charge < -0.3 is 25.1 Å². The molecule has 0 aliphatic carbocycles. The molecule has 0 amide bonds. The second kappa shape index (κ2) is 14.1. The summed E-state index contributed by atoms with van der Waals surface area (Å²) >= 11 is 0. The number of ether oxygens (including phenoxy) is 3. The zero-order valence-corrected chi connectivity index (χ0v) is 21.8. The van der Waals surface area contributed by atoms with Crippen LogP contribution in [0.4, 0.5) is 0 Å². The third-order valence-electron chi connectivity index (χ3n) is 7.26. The van der Waals surface area contributed by atoms with E-state index in [2.05, 4.69) is 44.7 Å². The molecule has 2 rings (SSSR count). The van der Waals surface area contributed by atoms with Gasteiger partial charge in [-0.1, -0.05) is 26.3 Å². The molecule has 1 aliphatic heterocycles. The highest BCUT2D eigenvalue weighted by Gasteiger charge is 2.30. The van der Waals surface area contributed by atoms with Gasteiger partial charge in [0.25, 0.3) is 0 Å². The molecule has 3 N–H and O–H groups in total. The zero-order chi connectivity index (χ0) is 24.4. The fourth-order valence-corrected chi connectivity index (χ4v) is 4.93. The fourth-order valence-electron chi connectivity index (χ4n) is 4.93. The van der Waals surface area contributed by atoms with Crippen molar-refractivity contribution in [2.45, 2.75) is 90.4 Å². The van der Waals surface area contributed by atoms with Gasteiger partial charge in [0.15, 0.2) is 11.5 Å². The Morgan fingerprint density at radius 1 is 1.09 bits per heavy atom. The minimum atomic E-state index is -0.509. The SMILES string of the molecule is COCCCOc1cc(C[C@@H](C[C@H](N)[C@@H](O)CN2[C@H](C)CCC[C@@H]2C)C(C)C)ccc1OC. The van der Waals surface area contributed by atoms with Crippen LogP contribution in [0.3, 0.4) is 0 Å². The number of benzene rings is 1. The molecule has 0 saturated carbocycles. The van der Waals surface area contributed by atoms with Crippen LogP contribution in [-0.2, 0) is 11.2 Å². The van der Waals surface area contributed by atoms with E-state index in [0.29, 0.717) is 43.7 Å². The molecule has 190 valence electrons. The van der Waals surface area contributed by atoms with Gasteiger partial charge in [-0.05, 0) is 69.1 Å². The van der Waals surface area contributed by atoms with E-state index in [4.69, 9.17) is 19.9 Å². The fraction of sp³-hybridized carbons (Fsp3) is 0.778. The average molecular weight is 465 g/mol. The van der Waals surface area contributed by atoms with Gasteiger partial charge >= 0.3 is 0 Å². The second-order valence-corrected chi connectivity index (χ2v) is 10.2. The van der Waals surface area contributed by atoms with Gasteiger partial charge in [0.2, 0.25) is 0 Å². The molecule has 1 aromatic rings. The van der Waals surface area contributed by atoms with Crippen molar-refractivity contribution >= 4 is 0 Å². The molecule has 6 nitrogen and oxygen atoms in total. The Hall–Kier alpha value is -1.34. The normalized spacial score (nSPS) is 22.2. The Kier molecular flexibility index (Phi) is 12.0. The lowest BCUT2D eigenvalue weighted by Crippen LogP contribution is -2.51. The van der Waals surface area contributed by atoms with Crippen molar-refractivity contribution in [3.05, 3.63) is 23.8 Å². The smallest absolute Gasteiger partial charge is 0.161 e. The number of hydrogen-bond acceptors (Lipinski definition) is 6. The molecular formula is C27H48N2O4. The van der Waals surface area contributed by atoms with Crippen molar-refractivity contribution in [1.82, 2.24) is 4.90 Å². The van der Waals surface area contributed by atoms with Crippen LogP contribution < -0.4 is 15.2 Å². The maximum absolute atomic E-state index is 10.9. The van der Waals surface area contributed by atoms with Gasteiger partial charge in [0, 0.05) is 44.8 Å². The molecule has 1 saturated heterocycles. The summed E-state index contributed by atoms with van der Waals surface area (Å²) in [5.74, 6) is 2.35. The number of rotatable bonds is 14. The molecule has 6 heteroatoms. The number of nitrogens with two attached hydrogens (primary N) is 1. The lowest BCUT2D eigenvalue weighted by molar-refractivity contribution is 0.0261. The first-order valence-electron chi connectivity index (χ1n) is 12.7. The van der Waals surface area contributed by atoms with Crippen molar-refractivity contribution in [3.8, 4) is 11.5 Å². The standard InChI is InChI=1S/C27H48N2O4/c1-19(2)23(17-24(28)25(30)18-29-20(3)9-7-10-21(29)4)15-22-11-12-26(32-6)27(16-22)33-14-8-13-31-5/h11-12,16,19-21,23-25,30H,7-10,13-15,17-18,28H2,1-6H3/t20-,21+,23-,24-,25-/m0/s1. The van der Waals surface area contributed by atoms with Gasteiger partial charge in [-0.2, -0.15) is 0 Å². The van der Waals surface area contributed by atoms with Crippen LogP contribution in [0.2, 0.25) is 0 Å². The summed E-state index contributed by atoms with van der Waals surface area (Å²) < 4.78 is 16.6. The summed E-state index contributed by atoms with van der Waals surface area (Å²) in [5, 5.41) is 10.9. The summed E-state index contributed by atoms with van der Waals surface area (Å²) in [5.41, 5.74) is 7.76. The molecule has 1 aromatic carbocycles. The van der Waals surface area contributed by atoms with Gasteiger partial charge in [-0.3, -0.25) is 4.90 Å². The van der Waals surface area contributed by atoms with Crippen molar-refractivity contribution in [2.24, 2.45) is 17.6 Å². The number of β-amino-alcohol motifs (C(OH)–C–C–N with tert-alkyl or cyclic N) is 1. The first-order chi connectivity index (χ1) is 15.8. The highest BCUT2D eigenvalue weighted by molar-refractivity contribution is 5.43. The predicted molar refractivity (Wildman–Crippen MR) is 135 cm³/mol. The van der Waals surface area contributed by atoms with Crippen LogP contribution in [0.1, 0.15) is 65.4 Å². The van der Waals surface area contributed by atoms with Crippen LogP contribution in [0, 0.1) is 11.8 Å². The number of aliphatic hydroxyl groups is 1. The minimum absolute atomic E-state index is 0.235. The predicted octanol–water partition coefficient (Wildman–Crippen LogP) is 4.27. The molecule has 1 fully saturated rings. The highest BCUT2D eigenvalue weighted by atomic mass is 16.5. The quantitative estimate of drug-likeness (QED) is 0.401. The molecule has 1 aliphatic rings. The van der Waals surface area contributed by atoms with Crippen LogP contribution >= 0.6 is 0 Å². The molecule has 5 atom stereocenters. The van der Waals surface area contributed by atoms with Crippen LogP contribution in [-0.4, -0.2) is 68.2 Å². The number of aliphatic hydroxyl groups excluding tert-OH is 1. The molecular weight excluding hydrogens is 416 g/mol. The lowest BCUT2D eigenvalue weighted by Gasteiger charge is -2.41. The number of hydrogen-bond donors (Lipinski definition) is 2. The highest BCUT2D eigenvalue weighted by Crippen LogP contribution is 2.31. The summed E-state index contributed by atoms with van der Waals surface area (Å²) in [6.45, 7) is 10.9. The first-order valence-corrected chi connectivity index (χ1v) is 12.7. The summed E-state index contributed by atoms with van der Waals surface area (Å²) in [6.07, 6.45) is 5.70. The second-order valence-electron chi connectivity index (χ2n) is 10.2. The average Bonchev–Trinajstić information content (AvgIpc) is 2.78. The lowest BCUT2D eigenvalue weighted by atomic mass is 9.83. The van der Waals surface area contributed by atoms with Crippen molar-refractivity contribution in [2.75, 3.05) is 34.0 Å². The number of likely N-dealkylation sites (tertiary alicyclic amines) is 1. The van der Waals surface area contributed by atoms with E-state index in [1.165, 1.54) is 24.8 Å². The van der Waals surface area contributed by atoms with E-state index in [1.807, 2.05) is 6.07 Å². The summed E-state index contributed by atoms with van der Waals surface area (Å²) in [7, 11) is 3.36. The van der Waals surface area contributed by atoms with E-state index >= 15 is 0 Å². The molecule has 33 heavy (non-hydrogen) atoms. The largest absolute Gasteiger partial charge is 0.493 e. The zero-order valence-electron chi connectivity index (χ0n) is 21.8. The molecule has 0 radical (unpaired) electrons. The summed E-state index contributed by atoms with van der Waals surface area (Å²) in [4.78, 5) is 2.44. The van der Waals surface area contributed by atoms with Crippen molar-refractivity contribution in [1.29, 1.82) is 0 Å². The third kappa shape index (κ3) is 8.75. The van der Waals surface area contributed by atoms with E-state index in [0.717, 1.165) is 30.8 Å². The molecule has 0 aromatic heterocycles. The molecule has 0 unspecified atom stereocenters. The Bertz CT molecular complexity index is 674. The number of nitrogens with zero attached hydrogens (tertiary/aromatic N) is 1. The summed E-state index contributed by atoms with van der Waals surface area (Å²) in [6, 6.07) is 6.96. The third-order valence-corrected chi connectivity index (χ3v) is 7.26. The molecule has 1 heterocycles. The maximum Gasteiger partial charge on any atom is 0.161 e. The van der Waals surface area contributed by atoms with Gasteiger partial charge in [-0.25, -0.2) is 0 Å². The Balaban J connectivity index is 2.00. The van der Waals surface area contributed by atoms with E-state index in [1.54, 1.807) is 14.2 Å². The van der Waals surface area contributed by atoms with Crippen LogP contribution in [0.15, 0.2) is 18.2 Å². The minimum Gasteiger partial charge on any atom is -0.493 e. The van der Waals surface area contributed by atoms with Crippen LogP contribution in [0.5, 0.6) is 11.5 Å². The maximum atomic E-state index is 10.9.